The molecule has 2 heterocycles. The minimum atomic E-state index is -1.83. The van der Waals surface area contributed by atoms with Crippen LogP contribution in [0.25, 0.3) is 0 Å². The van der Waals surface area contributed by atoms with Gasteiger partial charge in [-0.25, -0.2) is 14.2 Å². The lowest BCUT2D eigenvalue weighted by Gasteiger charge is -2.55. The van der Waals surface area contributed by atoms with Gasteiger partial charge in [-0.1, -0.05) is 12.2 Å². The van der Waals surface area contributed by atoms with E-state index < -0.39 is 27.9 Å². The summed E-state index contributed by atoms with van der Waals surface area (Å²) in [5, 5.41) is 26.5. The predicted octanol–water partition coefficient (Wildman–Crippen LogP) is 2.01. The first-order valence-corrected chi connectivity index (χ1v) is 8.67. The van der Waals surface area contributed by atoms with Gasteiger partial charge in [-0.2, -0.15) is 0 Å². The molecule has 0 amide bonds. The molecule has 0 bridgehead atoms. The smallest absolute Gasteiger partial charge is 0.163 e. The zero-order valence-corrected chi connectivity index (χ0v) is 14.8. The van der Waals surface area contributed by atoms with E-state index in [0.29, 0.717) is 19.5 Å². The Kier molecular flexibility index (Phi) is 5.12. The van der Waals surface area contributed by atoms with Gasteiger partial charge in [0.2, 0.25) is 0 Å². The Bertz CT molecular complexity index is 717. The highest BCUT2D eigenvalue weighted by atomic mass is 19.1. The van der Waals surface area contributed by atoms with Crippen LogP contribution in [0.4, 0.5) is 8.78 Å². The van der Waals surface area contributed by atoms with Crippen LogP contribution in [0.5, 0.6) is 0 Å². The van der Waals surface area contributed by atoms with Crippen LogP contribution in [-0.4, -0.2) is 53.4 Å². The van der Waals surface area contributed by atoms with Gasteiger partial charge >= 0.3 is 0 Å². The van der Waals surface area contributed by atoms with E-state index >= 15 is 0 Å². The summed E-state index contributed by atoms with van der Waals surface area (Å²) in [5.74, 6) is -1.61. The lowest BCUT2D eigenvalue weighted by atomic mass is 9.84. The van der Waals surface area contributed by atoms with Gasteiger partial charge in [-0.15, -0.1) is 0 Å². The fourth-order valence-electron chi connectivity index (χ4n) is 3.66. The second-order valence-electron chi connectivity index (χ2n) is 7.12. The number of aliphatic hydroxyl groups is 1. The first-order valence-electron chi connectivity index (χ1n) is 8.67. The summed E-state index contributed by atoms with van der Waals surface area (Å²) < 4.78 is 27.3. The van der Waals surface area contributed by atoms with Crippen LogP contribution in [0.2, 0.25) is 0 Å². The molecule has 2 atom stereocenters. The van der Waals surface area contributed by atoms with Crippen molar-refractivity contribution in [3.05, 3.63) is 52.8 Å². The summed E-state index contributed by atoms with van der Waals surface area (Å²) in [4.78, 5) is 4.01. The molecule has 3 rings (SSSR count). The number of β-amino-alcohol motifs (C(OH)–C–C–N with tert-alkyl or cyclic N) is 1. The summed E-state index contributed by atoms with van der Waals surface area (Å²) in [5.41, 5.74) is 2.00. The predicted molar refractivity (Wildman–Crippen MR) is 94.7 cm³/mol. The fourth-order valence-corrected chi connectivity index (χ4v) is 3.66. The second-order valence-corrected chi connectivity index (χ2v) is 7.12. The number of halogens is 2. The van der Waals surface area contributed by atoms with E-state index in [-0.39, 0.29) is 25.2 Å². The molecule has 2 aliphatic heterocycles. The molecular formula is C18H24F2N4O2. The highest BCUT2D eigenvalue weighted by Gasteiger charge is 2.48. The van der Waals surface area contributed by atoms with E-state index in [1.165, 1.54) is 17.4 Å². The number of hydroxylamine groups is 3. The Morgan fingerprint density at radius 2 is 2.12 bits per heavy atom. The SMILES string of the molecule is C=C1CC[N+]([O-])([C@H](C)[C@](O)(CN2C=NCN2)c2ccc(F)cc2F)CC1. The van der Waals surface area contributed by atoms with E-state index in [4.69, 9.17) is 0 Å². The monoisotopic (exact) mass is 366 g/mol. The molecule has 0 unspecified atom stereocenters. The van der Waals surface area contributed by atoms with Crippen molar-refractivity contribution in [3.63, 3.8) is 0 Å². The third-order valence-electron chi connectivity index (χ3n) is 5.48. The molecule has 6 nitrogen and oxygen atoms in total. The first kappa shape index (κ1) is 18.9. The number of hydrazine groups is 1. The summed E-state index contributed by atoms with van der Waals surface area (Å²) in [6, 6.07) is 2.16. The summed E-state index contributed by atoms with van der Waals surface area (Å²) >= 11 is 0. The van der Waals surface area contributed by atoms with Crippen molar-refractivity contribution >= 4 is 6.34 Å². The minimum absolute atomic E-state index is 0.0800. The summed E-state index contributed by atoms with van der Waals surface area (Å²) in [6.45, 7) is 6.34. The summed E-state index contributed by atoms with van der Waals surface area (Å²) in [6.07, 6.45) is 2.63. The molecule has 1 saturated heterocycles. The maximum Gasteiger partial charge on any atom is 0.163 e. The molecule has 0 spiro atoms. The Hall–Kier alpha value is -1.87. The molecule has 0 radical (unpaired) electrons. The van der Waals surface area contributed by atoms with E-state index in [1.54, 1.807) is 6.92 Å². The summed E-state index contributed by atoms with van der Waals surface area (Å²) in [7, 11) is 0. The largest absolute Gasteiger partial charge is 0.632 e. The number of nitrogens with one attached hydrogen (secondary N) is 1. The van der Waals surface area contributed by atoms with Gasteiger partial charge in [-0.3, -0.25) is 10.0 Å². The number of rotatable bonds is 5. The van der Waals surface area contributed by atoms with Crippen LogP contribution in [0, 0.1) is 16.8 Å². The molecule has 2 aliphatic rings. The lowest BCUT2D eigenvalue weighted by molar-refractivity contribution is -0.914. The highest BCUT2D eigenvalue weighted by molar-refractivity contribution is 5.56. The normalized spacial score (nSPS) is 23.1. The number of quaternary nitrogens is 1. The Balaban J connectivity index is 1.99. The van der Waals surface area contributed by atoms with Crippen molar-refractivity contribution in [2.75, 3.05) is 26.3 Å². The molecule has 1 fully saturated rings. The number of piperidine rings is 1. The molecule has 2 N–H and O–H groups in total. The number of likely N-dealkylation sites (tertiary alicyclic amines) is 1. The number of aliphatic imine (C=N–C) groups is 1. The Morgan fingerprint density at radius 1 is 1.42 bits per heavy atom. The Labute approximate surface area is 151 Å². The molecule has 26 heavy (non-hydrogen) atoms. The van der Waals surface area contributed by atoms with Gasteiger partial charge in [-0.05, 0) is 19.1 Å². The van der Waals surface area contributed by atoms with Crippen LogP contribution in [0.3, 0.4) is 0 Å². The van der Waals surface area contributed by atoms with Crippen molar-refractivity contribution in [2.24, 2.45) is 4.99 Å². The van der Waals surface area contributed by atoms with E-state index in [1.807, 2.05) is 0 Å². The van der Waals surface area contributed by atoms with E-state index in [2.05, 4.69) is 17.0 Å². The van der Waals surface area contributed by atoms with Gasteiger partial charge in [0.05, 0.1) is 19.6 Å². The molecule has 1 aromatic rings. The van der Waals surface area contributed by atoms with Crippen LogP contribution in [0.1, 0.15) is 25.3 Å². The number of hydrogen-bond acceptors (Lipinski definition) is 5. The van der Waals surface area contributed by atoms with Crippen molar-refractivity contribution < 1.29 is 18.5 Å². The van der Waals surface area contributed by atoms with Gasteiger partial charge in [0, 0.05) is 24.5 Å². The second kappa shape index (κ2) is 7.03. The van der Waals surface area contributed by atoms with Gasteiger partial charge in [0.1, 0.15) is 30.7 Å². The number of hydrogen-bond donors (Lipinski definition) is 2. The van der Waals surface area contributed by atoms with Gasteiger partial charge in [0.25, 0.3) is 0 Å². The quantitative estimate of drug-likeness (QED) is 0.475. The van der Waals surface area contributed by atoms with Crippen molar-refractivity contribution in [3.8, 4) is 0 Å². The molecular weight excluding hydrogens is 342 g/mol. The first-order chi connectivity index (χ1) is 12.2. The van der Waals surface area contributed by atoms with Gasteiger partial charge in [0.15, 0.2) is 5.60 Å². The maximum atomic E-state index is 14.5. The van der Waals surface area contributed by atoms with E-state index in [0.717, 1.165) is 17.7 Å². The molecule has 8 heteroatoms. The van der Waals surface area contributed by atoms with Crippen molar-refractivity contribution in [1.29, 1.82) is 0 Å². The van der Waals surface area contributed by atoms with Gasteiger partial charge < -0.3 is 15.0 Å². The molecule has 0 saturated carbocycles. The fraction of sp³-hybridized carbons (Fsp3) is 0.500. The van der Waals surface area contributed by atoms with E-state index in [9.17, 15) is 19.1 Å². The van der Waals surface area contributed by atoms with Crippen LogP contribution < -0.4 is 5.43 Å². The maximum absolute atomic E-state index is 14.5. The van der Waals surface area contributed by atoms with Crippen molar-refractivity contribution in [2.45, 2.75) is 31.4 Å². The zero-order chi connectivity index (χ0) is 18.9. The molecule has 0 aromatic heterocycles. The molecule has 0 aliphatic carbocycles. The molecule has 1 aromatic carbocycles. The average Bonchev–Trinajstić information content (AvgIpc) is 3.09. The third-order valence-corrected chi connectivity index (χ3v) is 5.48. The minimum Gasteiger partial charge on any atom is -0.632 e. The number of benzene rings is 1. The average molecular weight is 366 g/mol. The standard InChI is InChI=1S/C18H24F2N4O2/c1-13-5-7-24(26,8-6-13)14(2)18(25,10-23-12-21-11-22-23)16-4-3-15(19)9-17(16)20/h3-4,9,12,14,22,25H,1,5-8,10-11H2,2H3/t14-,18-/m1/s1. The van der Waals surface area contributed by atoms with Crippen LogP contribution in [-0.2, 0) is 5.60 Å². The van der Waals surface area contributed by atoms with Crippen LogP contribution in [0.15, 0.2) is 35.3 Å². The Morgan fingerprint density at radius 3 is 2.69 bits per heavy atom. The van der Waals surface area contributed by atoms with Crippen LogP contribution >= 0.6 is 0 Å². The molecule has 142 valence electrons. The lowest BCUT2D eigenvalue weighted by Crippen LogP contribution is -2.64. The topological polar surface area (TPSA) is 70.9 Å². The zero-order valence-electron chi connectivity index (χ0n) is 14.8. The number of nitrogens with zero attached hydrogens (tertiary/aromatic N) is 3. The third kappa shape index (κ3) is 3.50. The van der Waals surface area contributed by atoms with Crippen molar-refractivity contribution in [1.82, 2.24) is 10.4 Å². The highest BCUT2D eigenvalue weighted by Crippen LogP contribution is 2.37.